The van der Waals surface area contributed by atoms with E-state index in [2.05, 4.69) is 20.3 Å². The monoisotopic (exact) mass is 257 g/mol. The molecule has 96 valence electrons. The standard InChI is InChI=1S/C10H19N5OS/c1-7(5-16)6-17-10-13-8(11-2)12-9(14-10)15(3)4/h7,16H,5-6H2,1-4H3,(H,11,12,13,14). The van der Waals surface area contributed by atoms with Crippen LogP contribution in [-0.2, 0) is 0 Å². The Kier molecular flexibility index (Phi) is 5.43. The van der Waals surface area contributed by atoms with Crippen LogP contribution in [0.25, 0.3) is 0 Å². The van der Waals surface area contributed by atoms with Gasteiger partial charge in [-0.25, -0.2) is 0 Å². The highest BCUT2D eigenvalue weighted by molar-refractivity contribution is 7.99. The number of aliphatic hydroxyl groups excluding tert-OH is 1. The van der Waals surface area contributed by atoms with Crippen molar-refractivity contribution in [1.29, 1.82) is 0 Å². The fraction of sp³-hybridized carbons (Fsp3) is 0.700. The van der Waals surface area contributed by atoms with Crippen molar-refractivity contribution in [3.05, 3.63) is 0 Å². The summed E-state index contributed by atoms with van der Waals surface area (Å²) < 4.78 is 0. The Hall–Kier alpha value is -1.08. The zero-order valence-corrected chi connectivity index (χ0v) is 11.5. The van der Waals surface area contributed by atoms with Gasteiger partial charge in [-0.15, -0.1) is 0 Å². The molecule has 1 aromatic heterocycles. The van der Waals surface area contributed by atoms with Crippen LogP contribution in [0.15, 0.2) is 5.16 Å². The summed E-state index contributed by atoms with van der Waals surface area (Å²) in [5, 5.41) is 12.6. The second kappa shape index (κ2) is 6.61. The summed E-state index contributed by atoms with van der Waals surface area (Å²) in [6.45, 7) is 2.16. The third kappa shape index (κ3) is 4.35. The van der Waals surface area contributed by atoms with E-state index in [9.17, 15) is 0 Å². The third-order valence-electron chi connectivity index (χ3n) is 2.04. The Labute approximate surface area is 106 Å². The molecular weight excluding hydrogens is 238 g/mol. The molecule has 17 heavy (non-hydrogen) atoms. The maximum absolute atomic E-state index is 8.97. The molecule has 1 unspecified atom stereocenters. The summed E-state index contributed by atoms with van der Waals surface area (Å²) in [7, 11) is 5.55. The van der Waals surface area contributed by atoms with Crippen molar-refractivity contribution in [3.63, 3.8) is 0 Å². The van der Waals surface area contributed by atoms with Crippen molar-refractivity contribution in [2.24, 2.45) is 5.92 Å². The molecule has 0 aliphatic rings. The molecular formula is C10H19N5OS. The summed E-state index contributed by atoms with van der Waals surface area (Å²) >= 11 is 1.53. The minimum Gasteiger partial charge on any atom is -0.396 e. The van der Waals surface area contributed by atoms with Gasteiger partial charge in [-0.3, -0.25) is 0 Å². The predicted octanol–water partition coefficient (Wildman–Crippen LogP) is 0.700. The van der Waals surface area contributed by atoms with Gasteiger partial charge in [0.2, 0.25) is 11.9 Å². The normalized spacial score (nSPS) is 12.3. The van der Waals surface area contributed by atoms with Crippen molar-refractivity contribution in [2.75, 3.05) is 43.7 Å². The lowest BCUT2D eigenvalue weighted by atomic mass is 10.2. The first-order chi connectivity index (χ1) is 8.06. The van der Waals surface area contributed by atoms with Crippen LogP contribution in [0.1, 0.15) is 6.92 Å². The number of thioether (sulfide) groups is 1. The number of hydrogen-bond donors (Lipinski definition) is 2. The Morgan fingerprint density at radius 1 is 1.35 bits per heavy atom. The van der Waals surface area contributed by atoms with E-state index in [1.165, 1.54) is 11.8 Å². The second-order valence-electron chi connectivity index (χ2n) is 3.98. The van der Waals surface area contributed by atoms with E-state index >= 15 is 0 Å². The molecule has 0 aliphatic carbocycles. The van der Waals surface area contributed by atoms with Crippen molar-refractivity contribution < 1.29 is 5.11 Å². The van der Waals surface area contributed by atoms with Crippen LogP contribution < -0.4 is 10.2 Å². The summed E-state index contributed by atoms with van der Waals surface area (Å²) in [6, 6.07) is 0. The van der Waals surface area contributed by atoms with Crippen LogP contribution in [0.5, 0.6) is 0 Å². The van der Waals surface area contributed by atoms with Gasteiger partial charge in [-0.05, 0) is 5.92 Å². The van der Waals surface area contributed by atoms with Crippen LogP contribution in [0, 0.1) is 5.92 Å². The zero-order valence-electron chi connectivity index (χ0n) is 10.6. The van der Waals surface area contributed by atoms with E-state index < -0.39 is 0 Å². The Morgan fingerprint density at radius 3 is 2.59 bits per heavy atom. The van der Waals surface area contributed by atoms with Gasteiger partial charge in [-0.1, -0.05) is 18.7 Å². The molecule has 1 atom stereocenters. The van der Waals surface area contributed by atoms with E-state index in [0.29, 0.717) is 17.1 Å². The molecule has 1 aromatic rings. The lowest BCUT2D eigenvalue weighted by Crippen LogP contribution is -2.15. The molecule has 6 nitrogen and oxygen atoms in total. The maximum Gasteiger partial charge on any atom is 0.230 e. The molecule has 0 fully saturated rings. The summed E-state index contributed by atoms with van der Waals surface area (Å²) in [6.07, 6.45) is 0. The Morgan fingerprint density at radius 2 is 2.06 bits per heavy atom. The summed E-state index contributed by atoms with van der Waals surface area (Å²) in [5.41, 5.74) is 0. The van der Waals surface area contributed by atoms with Gasteiger partial charge in [0.25, 0.3) is 0 Å². The van der Waals surface area contributed by atoms with Crippen LogP contribution in [0.2, 0.25) is 0 Å². The lowest BCUT2D eigenvalue weighted by molar-refractivity contribution is 0.250. The number of aromatic nitrogens is 3. The first-order valence-corrected chi connectivity index (χ1v) is 6.40. The van der Waals surface area contributed by atoms with Crippen molar-refractivity contribution in [3.8, 4) is 0 Å². The first kappa shape index (κ1) is 14.0. The molecule has 1 heterocycles. The van der Waals surface area contributed by atoms with Crippen LogP contribution >= 0.6 is 11.8 Å². The molecule has 0 aromatic carbocycles. The minimum atomic E-state index is 0.178. The lowest BCUT2D eigenvalue weighted by Gasteiger charge is -2.12. The molecule has 0 aliphatic heterocycles. The number of aliphatic hydroxyl groups is 1. The highest BCUT2D eigenvalue weighted by atomic mass is 32.2. The molecule has 1 rings (SSSR count). The zero-order chi connectivity index (χ0) is 12.8. The van der Waals surface area contributed by atoms with Crippen molar-refractivity contribution in [2.45, 2.75) is 12.1 Å². The van der Waals surface area contributed by atoms with E-state index in [1.807, 2.05) is 25.9 Å². The van der Waals surface area contributed by atoms with Gasteiger partial charge >= 0.3 is 0 Å². The fourth-order valence-electron chi connectivity index (χ4n) is 0.992. The molecule has 0 radical (unpaired) electrons. The molecule has 0 amide bonds. The van der Waals surface area contributed by atoms with Crippen LogP contribution in [0.4, 0.5) is 11.9 Å². The highest BCUT2D eigenvalue weighted by Crippen LogP contribution is 2.19. The average Bonchev–Trinajstić information content (AvgIpc) is 2.35. The van der Waals surface area contributed by atoms with Crippen molar-refractivity contribution >= 4 is 23.7 Å². The third-order valence-corrected chi connectivity index (χ3v) is 3.21. The molecule has 0 spiro atoms. The molecule has 0 saturated heterocycles. The van der Waals surface area contributed by atoms with Gasteiger partial charge in [0.15, 0.2) is 5.16 Å². The highest BCUT2D eigenvalue weighted by Gasteiger charge is 2.09. The first-order valence-electron chi connectivity index (χ1n) is 5.41. The summed E-state index contributed by atoms with van der Waals surface area (Å²) in [4.78, 5) is 14.7. The maximum atomic E-state index is 8.97. The quantitative estimate of drug-likeness (QED) is 0.727. The van der Waals surface area contributed by atoms with E-state index in [4.69, 9.17) is 5.11 Å². The number of rotatable bonds is 6. The predicted molar refractivity (Wildman–Crippen MR) is 70.7 cm³/mol. The summed E-state index contributed by atoms with van der Waals surface area (Å²) in [5.74, 6) is 2.21. The fourth-order valence-corrected chi connectivity index (χ4v) is 1.83. The molecule has 2 N–H and O–H groups in total. The average molecular weight is 257 g/mol. The van der Waals surface area contributed by atoms with Gasteiger partial charge < -0.3 is 15.3 Å². The second-order valence-corrected chi connectivity index (χ2v) is 4.97. The van der Waals surface area contributed by atoms with Gasteiger partial charge in [-0.2, -0.15) is 15.0 Å². The van der Waals surface area contributed by atoms with Crippen molar-refractivity contribution in [1.82, 2.24) is 15.0 Å². The SMILES string of the molecule is CNc1nc(SCC(C)CO)nc(N(C)C)n1. The van der Waals surface area contributed by atoms with Crippen LogP contribution in [0.3, 0.4) is 0 Å². The van der Waals surface area contributed by atoms with E-state index in [-0.39, 0.29) is 12.5 Å². The van der Waals surface area contributed by atoms with E-state index in [0.717, 1.165) is 5.75 Å². The Bertz CT molecular complexity index is 361. The molecule has 7 heteroatoms. The number of nitrogens with one attached hydrogen (secondary N) is 1. The topological polar surface area (TPSA) is 74.2 Å². The minimum absolute atomic E-state index is 0.178. The largest absolute Gasteiger partial charge is 0.396 e. The molecule has 0 bridgehead atoms. The number of anilines is 2. The van der Waals surface area contributed by atoms with Gasteiger partial charge in [0, 0.05) is 33.5 Å². The smallest absolute Gasteiger partial charge is 0.230 e. The number of nitrogens with zero attached hydrogens (tertiary/aromatic N) is 4. The number of hydrogen-bond acceptors (Lipinski definition) is 7. The van der Waals surface area contributed by atoms with Crippen LogP contribution in [-0.4, -0.2) is 53.6 Å². The van der Waals surface area contributed by atoms with Gasteiger partial charge in [0.05, 0.1) is 0 Å². The van der Waals surface area contributed by atoms with Gasteiger partial charge in [0.1, 0.15) is 0 Å². The van der Waals surface area contributed by atoms with E-state index in [1.54, 1.807) is 7.05 Å². The molecule has 0 saturated carbocycles. The Balaban J connectivity index is 2.80.